The van der Waals surface area contributed by atoms with Gasteiger partial charge in [0.2, 0.25) is 0 Å². The summed E-state index contributed by atoms with van der Waals surface area (Å²) in [4.78, 5) is 14.4. The third-order valence-corrected chi connectivity index (χ3v) is 4.76. The second-order valence-corrected chi connectivity index (χ2v) is 6.34. The standard InChI is InChI=1S/C17H24N2O2/c1-19-11-9-17(10-12-19)8-7-15(21-17)13-18-16(20)14-5-3-2-4-6-14/h2-6,15H,7-13H2,1H3,(H,18,20). The molecule has 1 atom stereocenters. The van der Waals surface area contributed by atoms with Crippen LogP contribution in [-0.2, 0) is 4.74 Å². The monoisotopic (exact) mass is 288 g/mol. The van der Waals surface area contributed by atoms with Crippen LogP contribution in [0.3, 0.4) is 0 Å². The van der Waals surface area contributed by atoms with Gasteiger partial charge in [0.15, 0.2) is 0 Å². The molecule has 114 valence electrons. The lowest BCUT2D eigenvalue weighted by Gasteiger charge is -2.37. The number of carbonyl (C=O) groups excluding carboxylic acids is 1. The minimum atomic E-state index is -0.0106. The minimum Gasteiger partial charge on any atom is -0.370 e. The van der Waals surface area contributed by atoms with Crippen LogP contribution in [0.5, 0.6) is 0 Å². The second-order valence-electron chi connectivity index (χ2n) is 6.34. The van der Waals surface area contributed by atoms with Crippen LogP contribution < -0.4 is 5.32 Å². The van der Waals surface area contributed by atoms with E-state index in [0.29, 0.717) is 12.1 Å². The highest BCUT2D eigenvalue weighted by molar-refractivity contribution is 5.94. The zero-order valence-electron chi connectivity index (χ0n) is 12.7. The molecule has 1 unspecified atom stereocenters. The van der Waals surface area contributed by atoms with Gasteiger partial charge in [-0.05, 0) is 44.9 Å². The highest BCUT2D eigenvalue weighted by Gasteiger charge is 2.41. The quantitative estimate of drug-likeness (QED) is 0.925. The van der Waals surface area contributed by atoms with Crippen molar-refractivity contribution in [1.82, 2.24) is 10.2 Å². The fraction of sp³-hybridized carbons (Fsp3) is 0.588. The molecule has 1 N–H and O–H groups in total. The number of piperidine rings is 1. The van der Waals surface area contributed by atoms with Crippen molar-refractivity contribution in [1.29, 1.82) is 0 Å². The summed E-state index contributed by atoms with van der Waals surface area (Å²) in [5.41, 5.74) is 0.791. The number of nitrogens with zero attached hydrogens (tertiary/aromatic N) is 1. The maximum atomic E-state index is 12.0. The molecule has 0 radical (unpaired) electrons. The molecule has 2 fully saturated rings. The van der Waals surface area contributed by atoms with Gasteiger partial charge in [-0.3, -0.25) is 4.79 Å². The largest absolute Gasteiger partial charge is 0.370 e. The first kappa shape index (κ1) is 14.5. The molecule has 1 amide bonds. The Balaban J connectivity index is 1.48. The number of amides is 1. The Morgan fingerprint density at radius 1 is 1.29 bits per heavy atom. The van der Waals surface area contributed by atoms with Crippen molar-refractivity contribution in [2.45, 2.75) is 37.4 Å². The van der Waals surface area contributed by atoms with E-state index in [1.54, 1.807) is 0 Å². The number of ether oxygens (including phenoxy) is 1. The Bertz CT molecular complexity index is 481. The van der Waals surface area contributed by atoms with Crippen LogP contribution in [0.4, 0.5) is 0 Å². The van der Waals surface area contributed by atoms with Gasteiger partial charge in [-0.2, -0.15) is 0 Å². The Morgan fingerprint density at radius 2 is 2.00 bits per heavy atom. The molecule has 0 aliphatic carbocycles. The molecule has 2 heterocycles. The predicted octanol–water partition coefficient (Wildman–Crippen LogP) is 2.06. The molecule has 0 aromatic heterocycles. The molecule has 0 bridgehead atoms. The summed E-state index contributed by atoms with van der Waals surface area (Å²) in [6, 6.07) is 9.36. The van der Waals surface area contributed by atoms with Crippen LogP contribution in [-0.4, -0.2) is 49.2 Å². The van der Waals surface area contributed by atoms with Gasteiger partial charge in [0.25, 0.3) is 5.91 Å². The van der Waals surface area contributed by atoms with Crippen molar-refractivity contribution in [2.24, 2.45) is 0 Å². The zero-order chi connectivity index (χ0) is 14.7. The normalized spacial score (nSPS) is 25.1. The number of benzene rings is 1. The zero-order valence-corrected chi connectivity index (χ0v) is 12.7. The van der Waals surface area contributed by atoms with E-state index in [9.17, 15) is 4.79 Å². The number of nitrogens with one attached hydrogen (secondary N) is 1. The number of rotatable bonds is 3. The topological polar surface area (TPSA) is 41.6 Å². The predicted molar refractivity (Wildman–Crippen MR) is 82.3 cm³/mol. The first-order chi connectivity index (χ1) is 10.2. The fourth-order valence-electron chi connectivity index (χ4n) is 3.33. The smallest absolute Gasteiger partial charge is 0.251 e. The van der Waals surface area contributed by atoms with Gasteiger partial charge in [0.1, 0.15) is 0 Å². The van der Waals surface area contributed by atoms with Gasteiger partial charge in [0, 0.05) is 25.2 Å². The first-order valence-electron chi connectivity index (χ1n) is 7.87. The van der Waals surface area contributed by atoms with E-state index in [2.05, 4.69) is 17.3 Å². The van der Waals surface area contributed by atoms with Gasteiger partial charge in [0.05, 0.1) is 11.7 Å². The minimum absolute atomic E-state index is 0.0106. The van der Waals surface area contributed by atoms with E-state index in [4.69, 9.17) is 4.74 Å². The number of hydrogen-bond acceptors (Lipinski definition) is 3. The van der Waals surface area contributed by atoms with Gasteiger partial charge >= 0.3 is 0 Å². The van der Waals surface area contributed by atoms with Crippen LogP contribution >= 0.6 is 0 Å². The van der Waals surface area contributed by atoms with Crippen LogP contribution in [0.25, 0.3) is 0 Å². The van der Waals surface area contributed by atoms with Crippen LogP contribution in [0, 0.1) is 0 Å². The molecule has 4 heteroatoms. The Hall–Kier alpha value is -1.39. The van der Waals surface area contributed by atoms with E-state index in [0.717, 1.165) is 38.8 Å². The molecule has 1 aromatic carbocycles. The molecule has 0 saturated carbocycles. The summed E-state index contributed by atoms with van der Waals surface area (Å²) in [6.45, 7) is 2.84. The molecule has 2 aliphatic heterocycles. The Labute approximate surface area is 126 Å². The lowest BCUT2D eigenvalue weighted by atomic mass is 9.89. The van der Waals surface area contributed by atoms with E-state index in [-0.39, 0.29) is 17.6 Å². The summed E-state index contributed by atoms with van der Waals surface area (Å²) in [5.74, 6) is -0.0106. The third-order valence-electron chi connectivity index (χ3n) is 4.76. The fourth-order valence-corrected chi connectivity index (χ4v) is 3.33. The molecule has 1 spiro atoms. The highest BCUT2D eigenvalue weighted by atomic mass is 16.5. The van der Waals surface area contributed by atoms with Crippen molar-refractivity contribution in [3.63, 3.8) is 0 Å². The number of likely N-dealkylation sites (tertiary alicyclic amines) is 1. The van der Waals surface area contributed by atoms with E-state index in [1.165, 1.54) is 0 Å². The van der Waals surface area contributed by atoms with E-state index in [1.807, 2.05) is 30.3 Å². The Kier molecular flexibility index (Phi) is 4.27. The molecule has 1 aromatic rings. The molecular weight excluding hydrogens is 264 g/mol. The summed E-state index contributed by atoms with van der Waals surface area (Å²) in [6.07, 6.45) is 4.59. The third kappa shape index (κ3) is 3.44. The number of carbonyl (C=O) groups is 1. The van der Waals surface area contributed by atoms with E-state index < -0.39 is 0 Å². The maximum absolute atomic E-state index is 12.0. The average molecular weight is 288 g/mol. The van der Waals surface area contributed by atoms with Gasteiger partial charge in [-0.1, -0.05) is 18.2 Å². The van der Waals surface area contributed by atoms with Crippen LogP contribution in [0.2, 0.25) is 0 Å². The van der Waals surface area contributed by atoms with Crippen LogP contribution in [0.15, 0.2) is 30.3 Å². The first-order valence-corrected chi connectivity index (χ1v) is 7.87. The highest BCUT2D eigenvalue weighted by Crippen LogP contribution is 2.38. The van der Waals surface area contributed by atoms with Gasteiger partial charge in [-0.15, -0.1) is 0 Å². The SMILES string of the molecule is CN1CCC2(CCC(CNC(=O)c3ccccc3)O2)CC1. The van der Waals surface area contributed by atoms with Crippen molar-refractivity contribution in [3.8, 4) is 0 Å². The second kappa shape index (κ2) is 6.16. The summed E-state index contributed by atoms with van der Waals surface area (Å²) in [7, 11) is 2.17. The van der Waals surface area contributed by atoms with Crippen molar-refractivity contribution >= 4 is 5.91 Å². The number of hydrogen-bond donors (Lipinski definition) is 1. The summed E-state index contributed by atoms with van der Waals surface area (Å²) < 4.78 is 6.28. The molecular formula is C17H24N2O2. The van der Waals surface area contributed by atoms with Crippen molar-refractivity contribution in [3.05, 3.63) is 35.9 Å². The van der Waals surface area contributed by atoms with Crippen molar-refractivity contribution < 1.29 is 9.53 Å². The van der Waals surface area contributed by atoms with Crippen LogP contribution in [0.1, 0.15) is 36.0 Å². The molecule has 21 heavy (non-hydrogen) atoms. The maximum Gasteiger partial charge on any atom is 0.251 e. The molecule has 3 rings (SSSR count). The molecule has 4 nitrogen and oxygen atoms in total. The molecule has 2 aliphatic rings. The van der Waals surface area contributed by atoms with Gasteiger partial charge in [-0.25, -0.2) is 0 Å². The summed E-state index contributed by atoms with van der Waals surface area (Å²) in [5, 5.41) is 3.00. The Morgan fingerprint density at radius 3 is 2.71 bits per heavy atom. The molecule has 2 saturated heterocycles. The van der Waals surface area contributed by atoms with E-state index >= 15 is 0 Å². The average Bonchev–Trinajstić information content (AvgIpc) is 2.92. The summed E-state index contributed by atoms with van der Waals surface area (Å²) >= 11 is 0. The lowest BCUT2D eigenvalue weighted by Crippen LogP contribution is -2.43. The lowest BCUT2D eigenvalue weighted by molar-refractivity contribution is -0.0724. The van der Waals surface area contributed by atoms with Gasteiger partial charge < -0.3 is 15.0 Å². The van der Waals surface area contributed by atoms with Crippen molar-refractivity contribution in [2.75, 3.05) is 26.7 Å².